The summed E-state index contributed by atoms with van der Waals surface area (Å²) in [6, 6.07) is 3.99. The van der Waals surface area contributed by atoms with Crippen molar-refractivity contribution >= 4 is 11.6 Å². The Labute approximate surface area is 124 Å². The summed E-state index contributed by atoms with van der Waals surface area (Å²) in [7, 11) is 0. The number of hydrogen-bond acceptors (Lipinski definition) is 4. The van der Waals surface area contributed by atoms with Gasteiger partial charge >= 0.3 is 0 Å². The molecule has 20 heavy (non-hydrogen) atoms. The van der Waals surface area contributed by atoms with Crippen molar-refractivity contribution in [1.82, 2.24) is 5.32 Å². The lowest BCUT2D eigenvalue weighted by Crippen LogP contribution is -2.44. The van der Waals surface area contributed by atoms with Crippen LogP contribution in [0.3, 0.4) is 0 Å². The van der Waals surface area contributed by atoms with E-state index in [1.54, 1.807) is 0 Å². The molecule has 4 nitrogen and oxygen atoms in total. The van der Waals surface area contributed by atoms with E-state index in [2.05, 4.69) is 12.2 Å². The van der Waals surface area contributed by atoms with E-state index in [0.717, 1.165) is 51.4 Å². The third-order valence-electron chi connectivity index (χ3n) is 4.39. The van der Waals surface area contributed by atoms with Crippen LogP contribution in [0, 0.1) is 5.92 Å². The Bertz CT molecular complexity index is 442. The van der Waals surface area contributed by atoms with Crippen LogP contribution >= 0.6 is 11.6 Å². The second-order valence-electron chi connectivity index (χ2n) is 5.76. The van der Waals surface area contributed by atoms with Crippen LogP contribution < -0.4 is 5.32 Å². The highest BCUT2D eigenvalue weighted by Crippen LogP contribution is 2.41. The summed E-state index contributed by atoms with van der Waals surface area (Å²) >= 11 is 5.93. The van der Waals surface area contributed by atoms with Crippen molar-refractivity contribution in [2.45, 2.75) is 37.8 Å². The molecule has 2 saturated heterocycles. The highest BCUT2D eigenvalue weighted by molar-refractivity contribution is 6.28. The maximum absolute atomic E-state index is 6.02. The average Bonchev–Trinajstić information content (AvgIpc) is 3.06. The van der Waals surface area contributed by atoms with Gasteiger partial charge in [0.1, 0.15) is 5.76 Å². The first-order valence-corrected chi connectivity index (χ1v) is 7.80. The largest absolute Gasteiger partial charge is 0.448 e. The summed E-state index contributed by atoms with van der Waals surface area (Å²) in [5.74, 6) is 1.42. The minimum absolute atomic E-state index is 0.0764. The van der Waals surface area contributed by atoms with E-state index in [-0.39, 0.29) is 11.6 Å². The van der Waals surface area contributed by atoms with Crippen molar-refractivity contribution < 1.29 is 13.9 Å². The van der Waals surface area contributed by atoms with Crippen molar-refractivity contribution in [1.29, 1.82) is 0 Å². The van der Waals surface area contributed by atoms with Gasteiger partial charge < -0.3 is 19.2 Å². The molecule has 5 heteroatoms. The third kappa shape index (κ3) is 2.89. The van der Waals surface area contributed by atoms with E-state index in [0.29, 0.717) is 11.1 Å². The molecule has 1 aromatic rings. The van der Waals surface area contributed by atoms with Gasteiger partial charge in [0.05, 0.1) is 18.2 Å². The molecule has 2 aliphatic rings. The minimum Gasteiger partial charge on any atom is -0.448 e. The number of hydrogen-bond donors (Lipinski definition) is 1. The molecule has 1 N–H and O–H groups in total. The van der Waals surface area contributed by atoms with Gasteiger partial charge in [0, 0.05) is 19.6 Å². The minimum atomic E-state index is -0.0764. The molecule has 112 valence electrons. The Morgan fingerprint density at radius 3 is 3.00 bits per heavy atom. The zero-order valence-electron chi connectivity index (χ0n) is 11.9. The first-order chi connectivity index (χ1) is 9.72. The molecule has 3 rings (SSSR count). The van der Waals surface area contributed by atoms with E-state index in [1.807, 2.05) is 12.1 Å². The first-order valence-electron chi connectivity index (χ1n) is 7.43. The molecule has 0 aliphatic carbocycles. The van der Waals surface area contributed by atoms with Crippen LogP contribution in [0.2, 0.25) is 5.22 Å². The predicted molar refractivity (Wildman–Crippen MR) is 77.0 cm³/mol. The maximum atomic E-state index is 6.02. The van der Waals surface area contributed by atoms with E-state index < -0.39 is 0 Å². The van der Waals surface area contributed by atoms with Crippen molar-refractivity contribution in [3.63, 3.8) is 0 Å². The van der Waals surface area contributed by atoms with Gasteiger partial charge in [-0.3, -0.25) is 0 Å². The lowest BCUT2D eigenvalue weighted by molar-refractivity contribution is -0.104. The molecule has 0 amide bonds. The van der Waals surface area contributed by atoms with Gasteiger partial charge in [0.25, 0.3) is 0 Å². The second-order valence-corrected chi connectivity index (χ2v) is 6.14. The topological polar surface area (TPSA) is 43.6 Å². The van der Waals surface area contributed by atoms with E-state index in [4.69, 9.17) is 25.5 Å². The van der Waals surface area contributed by atoms with Crippen LogP contribution in [0.1, 0.15) is 38.0 Å². The molecule has 3 unspecified atom stereocenters. The standard InChI is InChI=1S/C15H22ClNO3/c1-2-17-14(12-3-4-13(16)20-12)11-5-7-19-15(9-11)6-8-18-10-15/h3-4,11,14,17H,2,5-10H2,1H3. The van der Waals surface area contributed by atoms with Crippen LogP contribution in [-0.4, -0.2) is 32.0 Å². The Morgan fingerprint density at radius 1 is 1.45 bits per heavy atom. The maximum Gasteiger partial charge on any atom is 0.193 e. The molecule has 0 saturated carbocycles. The lowest BCUT2D eigenvalue weighted by atomic mass is 9.80. The fourth-order valence-corrected chi connectivity index (χ4v) is 3.58. The summed E-state index contributed by atoms with van der Waals surface area (Å²) in [6.07, 6.45) is 3.06. The summed E-state index contributed by atoms with van der Waals surface area (Å²) in [4.78, 5) is 0. The van der Waals surface area contributed by atoms with Gasteiger partial charge in [0.2, 0.25) is 0 Å². The third-order valence-corrected chi connectivity index (χ3v) is 4.60. The number of nitrogens with one attached hydrogen (secondary N) is 1. The highest BCUT2D eigenvalue weighted by Gasteiger charge is 2.43. The van der Waals surface area contributed by atoms with Crippen LogP contribution in [-0.2, 0) is 9.47 Å². The molecule has 3 heterocycles. The molecular formula is C15H22ClNO3. The van der Waals surface area contributed by atoms with Crippen molar-refractivity contribution in [2.24, 2.45) is 5.92 Å². The molecule has 1 spiro atoms. The van der Waals surface area contributed by atoms with E-state index in [1.165, 1.54) is 0 Å². The molecule has 2 fully saturated rings. The number of rotatable bonds is 4. The predicted octanol–water partition coefficient (Wildman–Crippen LogP) is 3.17. The molecule has 3 atom stereocenters. The van der Waals surface area contributed by atoms with Gasteiger partial charge in [-0.2, -0.15) is 0 Å². The summed E-state index contributed by atoms with van der Waals surface area (Å²) < 4.78 is 17.2. The number of ether oxygens (including phenoxy) is 2. The zero-order chi connectivity index (χ0) is 14.0. The first kappa shape index (κ1) is 14.4. The molecule has 0 bridgehead atoms. The van der Waals surface area contributed by atoms with Crippen molar-refractivity contribution in [2.75, 3.05) is 26.4 Å². The Balaban J connectivity index is 1.76. The van der Waals surface area contributed by atoms with Crippen LogP contribution in [0.25, 0.3) is 0 Å². The number of halogens is 1. The second kappa shape index (κ2) is 6.06. The fourth-order valence-electron chi connectivity index (χ4n) is 3.43. The molecular weight excluding hydrogens is 278 g/mol. The van der Waals surface area contributed by atoms with Gasteiger partial charge in [-0.15, -0.1) is 0 Å². The molecule has 2 aliphatic heterocycles. The summed E-state index contributed by atoms with van der Waals surface area (Å²) in [6.45, 7) is 5.35. The summed E-state index contributed by atoms with van der Waals surface area (Å²) in [5.41, 5.74) is -0.0764. The van der Waals surface area contributed by atoms with Crippen LogP contribution in [0.5, 0.6) is 0 Å². The van der Waals surface area contributed by atoms with Crippen LogP contribution in [0.4, 0.5) is 0 Å². The lowest BCUT2D eigenvalue weighted by Gasteiger charge is -2.40. The molecule has 0 radical (unpaired) electrons. The molecule has 0 aromatic carbocycles. The zero-order valence-corrected chi connectivity index (χ0v) is 12.6. The number of furan rings is 1. The Morgan fingerprint density at radius 2 is 2.35 bits per heavy atom. The van der Waals surface area contributed by atoms with Gasteiger partial charge in [-0.1, -0.05) is 6.92 Å². The fraction of sp³-hybridized carbons (Fsp3) is 0.733. The van der Waals surface area contributed by atoms with Crippen molar-refractivity contribution in [3.05, 3.63) is 23.1 Å². The highest BCUT2D eigenvalue weighted by atomic mass is 35.5. The van der Waals surface area contributed by atoms with Crippen LogP contribution in [0.15, 0.2) is 16.5 Å². The normalized spacial score (nSPS) is 31.8. The Kier molecular flexibility index (Phi) is 4.36. The quantitative estimate of drug-likeness (QED) is 0.927. The van der Waals surface area contributed by atoms with Gasteiger partial charge in [-0.25, -0.2) is 0 Å². The average molecular weight is 300 g/mol. The van der Waals surface area contributed by atoms with Gasteiger partial charge in [0.15, 0.2) is 5.22 Å². The van der Waals surface area contributed by atoms with Gasteiger partial charge in [-0.05, 0) is 49.0 Å². The smallest absolute Gasteiger partial charge is 0.193 e. The Hall–Kier alpha value is -0.550. The monoisotopic (exact) mass is 299 g/mol. The SMILES string of the molecule is CCNC(c1ccc(Cl)o1)C1CCOC2(CCOC2)C1. The summed E-state index contributed by atoms with van der Waals surface area (Å²) in [5, 5.41) is 3.99. The molecule has 1 aromatic heterocycles. The van der Waals surface area contributed by atoms with Crippen molar-refractivity contribution in [3.8, 4) is 0 Å². The van der Waals surface area contributed by atoms with E-state index >= 15 is 0 Å². The van der Waals surface area contributed by atoms with E-state index in [9.17, 15) is 0 Å².